The van der Waals surface area contributed by atoms with Crippen LogP contribution in [0.25, 0.3) is 5.69 Å². The Balaban J connectivity index is 1.37. The van der Waals surface area contributed by atoms with Gasteiger partial charge in [-0.25, -0.2) is 9.37 Å². The Hall–Kier alpha value is -2.88. The zero-order valence-corrected chi connectivity index (χ0v) is 19.3. The zero-order chi connectivity index (χ0) is 23.0. The fourth-order valence-corrected chi connectivity index (χ4v) is 4.59. The molecule has 174 valence electrons. The predicted molar refractivity (Wildman–Crippen MR) is 125 cm³/mol. The number of methoxy groups -OCH3 is 1. The molecule has 1 aliphatic heterocycles. The number of rotatable bonds is 9. The molecule has 2 heterocycles. The van der Waals surface area contributed by atoms with Crippen LogP contribution in [0.2, 0.25) is 0 Å². The van der Waals surface area contributed by atoms with Crippen molar-refractivity contribution in [3.63, 3.8) is 0 Å². The Morgan fingerprint density at radius 1 is 1.24 bits per heavy atom. The fourth-order valence-electron chi connectivity index (χ4n) is 3.78. The number of carbonyl (C=O) groups excluding carboxylic acids is 1. The number of amides is 1. The lowest BCUT2D eigenvalue weighted by molar-refractivity contribution is -0.118. The molecule has 0 spiro atoms. The van der Waals surface area contributed by atoms with E-state index >= 15 is 0 Å². The van der Waals surface area contributed by atoms with Gasteiger partial charge >= 0.3 is 0 Å². The van der Waals surface area contributed by atoms with Crippen LogP contribution in [0, 0.1) is 5.82 Å². The topological polar surface area (TPSA) is 68.6 Å². The van der Waals surface area contributed by atoms with Crippen LogP contribution < -0.4 is 10.1 Å². The van der Waals surface area contributed by atoms with E-state index < -0.39 is 0 Å². The second-order valence-corrected chi connectivity index (χ2v) is 8.53. The van der Waals surface area contributed by atoms with Gasteiger partial charge in [0.1, 0.15) is 11.6 Å². The van der Waals surface area contributed by atoms with Crippen LogP contribution in [0.4, 0.5) is 4.39 Å². The summed E-state index contributed by atoms with van der Waals surface area (Å²) in [4.78, 5) is 19.3. The van der Waals surface area contributed by atoms with Crippen molar-refractivity contribution < 1.29 is 18.7 Å². The first kappa shape index (κ1) is 23.3. The smallest absolute Gasteiger partial charge is 0.230 e. The van der Waals surface area contributed by atoms with Crippen molar-refractivity contribution in [2.24, 2.45) is 0 Å². The van der Waals surface area contributed by atoms with E-state index in [1.54, 1.807) is 36.2 Å². The standard InChI is InChI=1S/C24H27FN4O3S/c1-31-21-7-5-18(6-8-21)22(28-11-13-32-14-12-28)16-27-23(30)17-33-24-26-9-10-29(24)20-4-2-3-19(25)15-20/h2-10,15,22H,11-14,16-17H2,1H3,(H,27,30)/t22-/m1/s1. The van der Waals surface area contributed by atoms with Crippen molar-refractivity contribution >= 4 is 17.7 Å². The van der Waals surface area contributed by atoms with Crippen LogP contribution >= 0.6 is 11.8 Å². The SMILES string of the molecule is COc1ccc([C@@H](CNC(=O)CSc2nccn2-c2cccc(F)c2)N2CCOCC2)cc1. The van der Waals surface area contributed by atoms with Crippen LogP contribution in [0.5, 0.6) is 5.75 Å². The number of ether oxygens (including phenoxy) is 2. The molecule has 7 nitrogen and oxygen atoms in total. The lowest BCUT2D eigenvalue weighted by Gasteiger charge is -2.35. The van der Waals surface area contributed by atoms with Gasteiger partial charge in [0.15, 0.2) is 5.16 Å². The highest BCUT2D eigenvalue weighted by Crippen LogP contribution is 2.24. The van der Waals surface area contributed by atoms with Crippen molar-refractivity contribution in [1.29, 1.82) is 0 Å². The third kappa shape index (κ3) is 6.13. The van der Waals surface area contributed by atoms with Gasteiger partial charge in [0.05, 0.1) is 37.8 Å². The maximum Gasteiger partial charge on any atom is 0.230 e. The fraction of sp³-hybridized carbons (Fsp3) is 0.333. The van der Waals surface area contributed by atoms with Crippen LogP contribution in [-0.2, 0) is 9.53 Å². The van der Waals surface area contributed by atoms with Crippen LogP contribution in [0.3, 0.4) is 0 Å². The largest absolute Gasteiger partial charge is 0.497 e. The number of carbonyl (C=O) groups is 1. The summed E-state index contributed by atoms with van der Waals surface area (Å²) >= 11 is 1.32. The lowest BCUT2D eigenvalue weighted by Crippen LogP contribution is -2.44. The molecule has 2 aromatic carbocycles. The summed E-state index contributed by atoms with van der Waals surface area (Å²) in [5.74, 6) is 0.613. The van der Waals surface area contributed by atoms with Gasteiger partial charge in [0.2, 0.25) is 5.91 Å². The molecule has 1 aliphatic rings. The molecule has 0 saturated carbocycles. The second-order valence-electron chi connectivity index (χ2n) is 7.59. The number of aromatic nitrogens is 2. The predicted octanol–water partition coefficient (Wildman–Crippen LogP) is 3.30. The molecule has 33 heavy (non-hydrogen) atoms. The highest BCUT2D eigenvalue weighted by Gasteiger charge is 2.23. The summed E-state index contributed by atoms with van der Waals surface area (Å²) in [5.41, 5.74) is 1.79. The number of hydrogen-bond donors (Lipinski definition) is 1. The summed E-state index contributed by atoms with van der Waals surface area (Å²) in [6.45, 7) is 3.47. The van der Waals surface area contributed by atoms with Crippen molar-refractivity contribution in [1.82, 2.24) is 19.8 Å². The van der Waals surface area contributed by atoms with Crippen molar-refractivity contribution in [2.75, 3.05) is 45.7 Å². The number of nitrogens with one attached hydrogen (secondary N) is 1. The van der Waals surface area contributed by atoms with Crippen molar-refractivity contribution in [3.05, 3.63) is 72.3 Å². The van der Waals surface area contributed by atoms with E-state index in [4.69, 9.17) is 9.47 Å². The van der Waals surface area contributed by atoms with Gasteiger partial charge in [-0.2, -0.15) is 0 Å². The Bertz CT molecular complexity index is 1050. The molecule has 0 unspecified atom stereocenters. The Labute approximate surface area is 196 Å². The molecule has 3 aromatic rings. The Morgan fingerprint density at radius 3 is 2.76 bits per heavy atom. The summed E-state index contributed by atoms with van der Waals surface area (Å²) in [6, 6.07) is 14.3. The number of morpholine rings is 1. The van der Waals surface area contributed by atoms with Crippen molar-refractivity contribution in [3.8, 4) is 11.4 Å². The minimum absolute atomic E-state index is 0.0445. The van der Waals surface area contributed by atoms with Gasteiger partial charge in [-0.05, 0) is 35.9 Å². The van der Waals surface area contributed by atoms with Crippen LogP contribution in [0.1, 0.15) is 11.6 Å². The Kier molecular flexibility index (Phi) is 7.98. The van der Waals surface area contributed by atoms with E-state index in [2.05, 4.69) is 15.2 Å². The first-order chi connectivity index (χ1) is 16.1. The molecule has 1 atom stereocenters. The molecular formula is C24H27FN4O3S. The average Bonchev–Trinajstić information content (AvgIpc) is 3.33. The normalized spacial score (nSPS) is 15.2. The van der Waals surface area contributed by atoms with Gasteiger partial charge in [-0.1, -0.05) is 30.0 Å². The quantitative estimate of drug-likeness (QED) is 0.484. The first-order valence-corrected chi connectivity index (χ1v) is 11.8. The maximum absolute atomic E-state index is 13.6. The lowest BCUT2D eigenvalue weighted by atomic mass is 10.0. The molecule has 1 saturated heterocycles. The number of hydrogen-bond acceptors (Lipinski definition) is 6. The number of imidazole rings is 1. The molecule has 1 aromatic heterocycles. The van der Waals surface area contributed by atoms with E-state index in [0.29, 0.717) is 30.6 Å². The van der Waals surface area contributed by atoms with E-state index in [-0.39, 0.29) is 23.5 Å². The summed E-state index contributed by atoms with van der Waals surface area (Å²) < 4.78 is 26.1. The van der Waals surface area contributed by atoms with E-state index in [1.165, 1.54) is 23.9 Å². The molecule has 0 bridgehead atoms. The van der Waals surface area contributed by atoms with Crippen LogP contribution in [-0.4, -0.2) is 66.1 Å². The van der Waals surface area contributed by atoms with E-state index in [1.807, 2.05) is 24.3 Å². The molecule has 0 radical (unpaired) electrons. The molecule has 1 fully saturated rings. The minimum atomic E-state index is -0.317. The molecule has 0 aliphatic carbocycles. The molecule has 1 amide bonds. The van der Waals surface area contributed by atoms with Crippen LogP contribution in [0.15, 0.2) is 66.1 Å². The first-order valence-electron chi connectivity index (χ1n) is 10.8. The molecule has 1 N–H and O–H groups in total. The zero-order valence-electron chi connectivity index (χ0n) is 18.4. The highest BCUT2D eigenvalue weighted by atomic mass is 32.2. The van der Waals surface area contributed by atoms with Gasteiger partial charge in [0.25, 0.3) is 0 Å². The highest BCUT2D eigenvalue weighted by molar-refractivity contribution is 7.99. The van der Waals surface area contributed by atoms with Gasteiger partial charge in [-0.15, -0.1) is 0 Å². The average molecular weight is 471 g/mol. The molecule has 9 heteroatoms. The Morgan fingerprint density at radius 2 is 2.03 bits per heavy atom. The third-order valence-electron chi connectivity index (χ3n) is 5.51. The van der Waals surface area contributed by atoms with Gasteiger partial charge in [-0.3, -0.25) is 14.3 Å². The second kappa shape index (κ2) is 11.3. The summed E-state index contributed by atoms with van der Waals surface area (Å²) in [6.07, 6.45) is 3.40. The third-order valence-corrected chi connectivity index (χ3v) is 6.47. The number of nitrogens with zero attached hydrogens (tertiary/aromatic N) is 3. The summed E-state index contributed by atoms with van der Waals surface area (Å²) in [5, 5.41) is 3.70. The summed E-state index contributed by atoms with van der Waals surface area (Å²) in [7, 11) is 1.64. The van der Waals surface area contributed by atoms with E-state index in [0.717, 1.165) is 24.4 Å². The number of thioether (sulfide) groups is 1. The molecular weight excluding hydrogens is 443 g/mol. The minimum Gasteiger partial charge on any atom is -0.497 e. The monoisotopic (exact) mass is 470 g/mol. The van der Waals surface area contributed by atoms with E-state index in [9.17, 15) is 9.18 Å². The molecule has 4 rings (SSSR count). The van der Waals surface area contributed by atoms with Gasteiger partial charge < -0.3 is 14.8 Å². The maximum atomic E-state index is 13.6. The van der Waals surface area contributed by atoms with Gasteiger partial charge in [0, 0.05) is 32.0 Å². The van der Waals surface area contributed by atoms with Crippen molar-refractivity contribution in [2.45, 2.75) is 11.2 Å². The number of benzene rings is 2. The number of halogens is 1.